The van der Waals surface area contributed by atoms with Crippen LogP contribution in [-0.4, -0.2) is 15.4 Å². The van der Waals surface area contributed by atoms with Crippen LogP contribution in [0.25, 0.3) is 0 Å². The van der Waals surface area contributed by atoms with Crippen LogP contribution in [-0.2, 0) is 4.43 Å². The monoisotopic (exact) mass is 128 g/mol. The average molecular weight is 128 g/mol. The summed E-state index contributed by atoms with van der Waals surface area (Å²) in [5, 5.41) is 0. The van der Waals surface area contributed by atoms with Gasteiger partial charge in [0.1, 0.15) is 0 Å². The lowest BCUT2D eigenvalue weighted by Gasteiger charge is -2.09. The third kappa shape index (κ3) is 2.84. The fourth-order valence-electron chi connectivity index (χ4n) is 0.352. The zero-order valence-electron chi connectivity index (χ0n) is 5.91. The van der Waals surface area contributed by atoms with E-state index in [1.807, 2.05) is 6.92 Å². The van der Waals surface area contributed by atoms with Crippen LogP contribution in [0.5, 0.6) is 0 Å². The molecule has 0 rings (SSSR count). The first-order valence-corrected chi connectivity index (χ1v) is 5.52. The maximum Gasteiger partial charge on any atom is 0.265 e. The van der Waals surface area contributed by atoms with E-state index in [9.17, 15) is 0 Å². The van der Waals surface area contributed by atoms with Crippen molar-refractivity contribution in [2.75, 3.05) is 7.11 Å². The Kier molecular flexibility index (Phi) is 2.81. The van der Waals surface area contributed by atoms with E-state index in [4.69, 9.17) is 4.43 Å². The van der Waals surface area contributed by atoms with Gasteiger partial charge in [0.2, 0.25) is 0 Å². The summed E-state index contributed by atoms with van der Waals surface area (Å²) in [5.74, 6) is 2.85. The van der Waals surface area contributed by atoms with Gasteiger partial charge in [0.15, 0.2) is 0 Å². The molecule has 2 heteroatoms. The highest BCUT2D eigenvalue weighted by Crippen LogP contribution is 1.97. The van der Waals surface area contributed by atoms with E-state index in [2.05, 4.69) is 24.6 Å². The van der Waals surface area contributed by atoms with Crippen molar-refractivity contribution in [2.24, 2.45) is 0 Å². The van der Waals surface area contributed by atoms with Crippen molar-refractivity contribution in [3.8, 4) is 11.5 Å². The van der Waals surface area contributed by atoms with Crippen LogP contribution < -0.4 is 0 Å². The first-order chi connectivity index (χ1) is 3.62. The topological polar surface area (TPSA) is 9.23 Å². The highest BCUT2D eigenvalue weighted by Gasteiger charge is 2.15. The number of rotatable bonds is 1. The van der Waals surface area contributed by atoms with Crippen LogP contribution in [0.4, 0.5) is 0 Å². The first kappa shape index (κ1) is 7.74. The Bertz CT molecular complexity index is 118. The van der Waals surface area contributed by atoms with Gasteiger partial charge in [0, 0.05) is 7.11 Å². The molecule has 0 heterocycles. The summed E-state index contributed by atoms with van der Waals surface area (Å²) in [6.07, 6.45) is 0. The van der Waals surface area contributed by atoms with E-state index in [1.165, 1.54) is 0 Å². The maximum absolute atomic E-state index is 5.14. The van der Waals surface area contributed by atoms with Crippen molar-refractivity contribution < 1.29 is 4.43 Å². The summed E-state index contributed by atoms with van der Waals surface area (Å²) in [6, 6.07) is 0. The summed E-state index contributed by atoms with van der Waals surface area (Å²) in [6.45, 7) is 5.99. The molecule has 0 N–H and O–H groups in total. The Morgan fingerprint density at radius 2 is 1.88 bits per heavy atom. The lowest BCUT2D eigenvalue weighted by molar-refractivity contribution is 0.417. The summed E-state index contributed by atoms with van der Waals surface area (Å²) >= 11 is 0. The Morgan fingerprint density at radius 3 is 2.00 bits per heavy atom. The first-order valence-electron chi connectivity index (χ1n) is 2.61. The van der Waals surface area contributed by atoms with Crippen molar-refractivity contribution >= 4 is 8.32 Å². The predicted molar refractivity (Wildman–Crippen MR) is 37.9 cm³/mol. The summed E-state index contributed by atoms with van der Waals surface area (Å²) in [4.78, 5) is 0. The van der Waals surface area contributed by atoms with Gasteiger partial charge >= 0.3 is 0 Å². The second-order valence-corrected chi connectivity index (χ2v) is 5.77. The molecule has 0 aliphatic rings. The van der Waals surface area contributed by atoms with Crippen molar-refractivity contribution in [3.63, 3.8) is 0 Å². The van der Waals surface area contributed by atoms with Crippen molar-refractivity contribution in [1.29, 1.82) is 0 Å². The SMILES string of the molecule is CC#C[Si](C)(C)OC. The minimum atomic E-state index is -1.54. The molecule has 0 aromatic heterocycles. The molecule has 0 saturated carbocycles. The van der Waals surface area contributed by atoms with Crippen LogP contribution >= 0.6 is 0 Å². The molecular weight excluding hydrogens is 116 g/mol. The van der Waals surface area contributed by atoms with E-state index in [-0.39, 0.29) is 0 Å². The molecule has 0 unspecified atom stereocenters. The van der Waals surface area contributed by atoms with Gasteiger partial charge < -0.3 is 4.43 Å². The lowest BCUT2D eigenvalue weighted by Crippen LogP contribution is -2.26. The maximum atomic E-state index is 5.14. The molecule has 0 aromatic rings. The second-order valence-electron chi connectivity index (χ2n) is 2.09. The van der Waals surface area contributed by atoms with E-state index >= 15 is 0 Å². The Hall–Kier alpha value is -0.263. The zero-order chi connectivity index (χ0) is 6.62. The van der Waals surface area contributed by atoms with Gasteiger partial charge in [0.05, 0.1) is 0 Å². The van der Waals surface area contributed by atoms with Gasteiger partial charge in [-0.05, 0) is 20.0 Å². The van der Waals surface area contributed by atoms with Gasteiger partial charge in [-0.2, -0.15) is 0 Å². The van der Waals surface area contributed by atoms with Gasteiger partial charge in [0.25, 0.3) is 8.32 Å². The fraction of sp³-hybridized carbons (Fsp3) is 0.667. The minimum absolute atomic E-state index is 1.54. The van der Waals surface area contributed by atoms with E-state index in [0.29, 0.717) is 0 Å². The molecule has 0 radical (unpaired) electrons. The molecule has 0 bridgehead atoms. The smallest absolute Gasteiger partial charge is 0.265 e. The Labute approximate surface area is 52.2 Å². The molecule has 8 heavy (non-hydrogen) atoms. The normalized spacial score (nSPS) is 10.0. The predicted octanol–water partition coefficient (Wildman–Crippen LogP) is 1.40. The second kappa shape index (κ2) is 2.90. The lowest BCUT2D eigenvalue weighted by atomic mass is 10.8. The summed E-state index contributed by atoms with van der Waals surface area (Å²) < 4.78 is 5.14. The average Bonchev–Trinajstić information content (AvgIpc) is 1.67. The zero-order valence-corrected chi connectivity index (χ0v) is 6.91. The third-order valence-corrected chi connectivity index (χ3v) is 2.81. The van der Waals surface area contributed by atoms with Crippen LogP contribution in [0.3, 0.4) is 0 Å². The van der Waals surface area contributed by atoms with Crippen molar-refractivity contribution in [2.45, 2.75) is 20.0 Å². The number of hydrogen-bond acceptors (Lipinski definition) is 1. The molecular formula is C6H12OSi. The van der Waals surface area contributed by atoms with E-state index in [1.54, 1.807) is 7.11 Å². The van der Waals surface area contributed by atoms with Crippen LogP contribution in [0.1, 0.15) is 6.92 Å². The molecule has 0 amide bonds. The van der Waals surface area contributed by atoms with E-state index < -0.39 is 8.32 Å². The molecule has 46 valence electrons. The van der Waals surface area contributed by atoms with Crippen molar-refractivity contribution in [1.82, 2.24) is 0 Å². The van der Waals surface area contributed by atoms with Crippen LogP contribution in [0, 0.1) is 11.5 Å². The molecule has 0 saturated heterocycles. The quantitative estimate of drug-likeness (QED) is 0.383. The highest BCUT2D eigenvalue weighted by molar-refractivity contribution is 6.79. The highest BCUT2D eigenvalue weighted by atomic mass is 28.4. The van der Waals surface area contributed by atoms with Crippen LogP contribution in [0.15, 0.2) is 0 Å². The molecule has 0 atom stereocenters. The summed E-state index contributed by atoms with van der Waals surface area (Å²) in [7, 11) is 0.180. The fourth-order valence-corrected chi connectivity index (χ4v) is 1.06. The molecule has 0 fully saturated rings. The van der Waals surface area contributed by atoms with Gasteiger partial charge in [-0.25, -0.2) is 0 Å². The third-order valence-electron chi connectivity index (χ3n) is 0.936. The standard InChI is InChI=1S/C6H12OSi/c1-5-6-8(3,4)7-2/h1-4H3. The van der Waals surface area contributed by atoms with Crippen molar-refractivity contribution in [3.05, 3.63) is 0 Å². The van der Waals surface area contributed by atoms with Gasteiger partial charge in [-0.3, -0.25) is 0 Å². The largest absolute Gasteiger partial charge is 0.409 e. The molecule has 1 nitrogen and oxygen atoms in total. The molecule has 0 aromatic carbocycles. The Balaban J connectivity index is 3.85. The molecule has 0 aliphatic carbocycles. The van der Waals surface area contributed by atoms with Gasteiger partial charge in [-0.1, -0.05) is 5.54 Å². The Morgan fingerprint density at radius 1 is 1.38 bits per heavy atom. The van der Waals surface area contributed by atoms with Crippen LogP contribution in [0.2, 0.25) is 13.1 Å². The molecule has 0 aliphatic heterocycles. The summed E-state index contributed by atoms with van der Waals surface area (Å²) in [5.41, 5.74) is 3.04. The van der Waals surface area contributed by atoms with E-state index in [0.717, 1.165) is 0 Å². The minimum Gasteiger partial charge on any atom is -0.409 e. The number of hydrogen-bond donors (Lipinski definition) is 0. The van der Waals surface area contributed by atoms with Gasteiger partial charge in [-0.15, -0.1) is 5.92 Å². The molecule has 0 spiro atoms.